The summed E-state index contributed by atoms with van der Waals surface area (Å²) in [6, 6.07) is 2.96. The van der Waals surface area contributed by atoms with Gasteiger partial charge >= 0.3 is 5.97 Å². The summed E-state index contributed by atoms with van der Waals surface area (Å²) in [5.41, 5.74) is 6.28. The average Bonchev–Trinajstić information content (AvgIpc) is 2.37. The van der Waals surface area contributed by atoms with E-state index in [0.717, 1.165) is 0 Å². The fourth-order valence-electron chi connectivity index (χ4n) is 1.78. The van der Waals surface area contributed by atoms with Gasteiger partial charge in [0.25, 0.3) is 0 Å². The van der Waals surface area contributed by atoms with Crippen molar-refractivity contribution in [1.82, 2.24) is 0 Å². The SMILES string of the molecule is COC(=O)c1cc(C(C)CCN)cc(F)c1OC. The van der Waals surface area contributed by atoms with Crippen LogP contribution in [0, 0.1) is 5.82 Å². The molecule has 1 unspecified atom stereocenters. The summed E-state index contributed by atoms with van der Waals surface area (Å²) in [7, 11) is 2.56. The molecule has 100 valence electrons. The van der Waals surface area contributed by atoms with E-state index >= 15 is 0 Å². The lowest BCUT2D eigenvalue weighted by Gasteiger charge is -2.14. The number of halogens is 1. The summed E-state index contributed by atoms with van der Waals surface area (Å²) in [5, 5.41) is 0. The number of carbonyl (C=O) groups is 1. The van der Waals surface area contributed by atoms with Crippen molar-refractivity contribution in [2.24, 2.45) is 5.73 Å². The number of carbonyl (C=O) groups excluding carboxylic acids is 1. The first-order valence-corrected chi connectivity index (χ1v) is 5.71. The zero-order valence-corrected chi connectivity index (χ0v) is 10.8. The Kier molecular flexibility index (Phi) is 5.09. The minimum atomic E-state index is -0.618. The molecule has 18 heavy (non-hydrogen) atoms. The summed E-state index contributed by atoms with van der Waals surface area (Å²) in [6.07, 6.45) is 0.715. The number of esters is 1. The fraction of sp³-hybridized carbons (Fsp3) is 0.462. The van der Waals surface area contributed by atoms with E-state index in [4.69, 9.17) is 10.5 Å². The first-order chi connectivity index (χ1) is 8.54. The molecular formula is C13H18FNO3. The maximum atomic E-state index is 13.8. The quantitative estimate of drug-likeness (QED) is 0.818. The Morgan fingerprint density at radius 3 is 2.61 bits per heavy atom. The Labute approximate surface area is 106 Å². The molecule has 1 aromatic carbocycles. The van der Waals surface area contributed by atoms with Crippen LogP contribution in [0.3, 0.4) is 0 Å². The number of hydrogen-bond donors (Lipinski definition) is 1. The second-order valence-corrected chi connectivity index (χ2v) is 4.05. The third kappa shape index (κ3) is 2.98. The van der Waals surface area contributed by atoms with Crippen LogP contribution in [0.4, 0.5) is 4.39 Å². The van der Waals surface area contributed by atoms with E-state index in [0.29, 0.717) is 18.5 Å². The molecule has 0 bridgehead atoms. The summed E-state index contributed by atoms with van der Waals surface area (Å²) in [6.45, 7) is 2.43. The average molecular weight is 255 g/mol. The number of methoxy groups -OCH3 is 2. The van der Waals surface area contributed by atoms with Crippen molar-refractivity contribution in [2.75, 3.05) is 20.8 Å². The first kappa shape index (κ1) is 14.4. The molecule has 0 saturated carbocycles. The van der Waals surface area contributed by atoms with Gasteiger partial charge in [0.05, 0.1) is 14.2 Å². The van der Waals surface area contributed by atoms with Crippen LogP contribution in [0.5, 0.6) is 5.75 Å². The lowest BCUT2D eigenvalue weighted by Crippen LogP contribution is -2.09. The van der Waals surface area contributed by atoms with Gasteiger partial charge in [0.2, 0.25) is 0 Å². The molecule has 0 spiro atoms. The van der Waals surface area contributed by atoms with Crippen molar-refractivity contribution in [2.45, 2.75) is 19.3 Å². The van der Waals surface area contributed by atoms with Crippen molar-refractivity contribution in [3.8, 4) is 5.75 Å². The van der Waals surface area contributed by atoms with Gasteiger partial charge in [-0.25, -0.2) is 9.18 Å². The van der Waals surface area contributed by atoms with E-state index in [1.807, 2.05) is 6.92 Å². The van der Waals surface area contributed by atoms with Crippen molar-refractivity contribution >= 4 is 5.97 Å². The predicted octanol–water partition coefficient (Wildman–Crippen LogP) is 2.07. The van der Waals surface area contributed by atoms with Gasteiger partial charge in [0.1, 0.15) is 5.56 Å². The van der Waals surface area contributed by atoms with Crippen molar-refractivity contribution in [1.29, 1.82) is 0 Å². The smallest absolute Gasteiger partial charge is 0.341 e. The molecule has 0 radical (unpaired) electrons. The van der Waals surface area contributed by atoms with Gasteiger partial charge in [0.15, 0.2) is 11.6 Å². The second kappa shape index (κ2) is 6.35. The molecule has 1 atom stereocenters. The van der Waals surface area contributed by atoms with Crippen LogP contribution in [-0.2, 0) is 4.74 Å². The van der Waals surface area contributed by atoms with Gasteiger partial charge in [-0.2, -0.15) is 0 Å². The van der Waals surface area contributed by atoms with E-state index in [9.17, 15) is 9.18 Å². The molecular weight excluding hydrogens is 237 g/mol. The number of hydrogen-bond acceptors (Lipinski definition) is 4. The lowest BCUT2D eigenvalue weighted by atomic mass is 9.95. The van der Waals surface area contributed by atoms with Crippen LogP contribution in [0.1, 0.15) is 35.2 Å². The summed E-state index contributed by atoms with van der Waals surface area (Å²) in [5.74, 6) is -1.21. The molecule has 0 aromatic heterocycles. The first-order valence-electron chi connectivity index (χ1n) is 5.71. The maximum Gasteiger partial charge on any atom is 0.341 e. The van der Waals surface area contributed by atoms with Crippen molar-refractivity contribution in [3.63, 3.8) is 0 Å². The van der Waals surface area contributed by atoms with Crippen LogP contribution in [0.15, 0.2) is 12.1 Å². The maximum absolute atomic E-state index is 13.8. The summed E-state index contributed by atoms with van der Waals surface area (Å²) < 4.78 is 23.4. The van der Waals surface area contributed by atoms with Crippen molar-refractivity contribution < 1.29 is 18.7 Å². The lowest BCUT2D eigenvalue weighted by molar-refractivity contribution is 0.0596. The number of rotatable bonds is 5. The zero-order chi connectivity index (χ0) is 13.7. The molecule has 0 fully saturated rings. The molecule has 5 heteroatoms. The van der Waals surface area contributed by atoms with Crippen LogP contribution < -0.4 is 10.5 Å². The van der Waals surface area contributed by atoms with E-state index < -0.39 is 11.8 Å². The minimum absolute atomic E-state index is 0.0683. The molecule has 2 N–H and O–H groups in total. The molecule has 1 aromatic rings. The standard InChI is InChI=1S/C13H18FNO3/c1-8(4-5-15)9-6-10(13(16)18-3)12(17-2)11(14)7-9/h6-8H,4-5,15H2,1-3H3. The van der Waals surface area contributed by atoms with Gasteiger partial charge in [-0.15, -0.1) is 0 Å². The third-order valence-electron chi connectivity index (χ3n) is 2.84. The third-order valence-corrected chi connectivity index (χ3v) is 2.84. The number of ether oxygens (including phenoxy) is 2. The Bertz CT molecular complexity index is 434. The molecule has 0 aliphatic carbocycles. The second-order valence-electron chi connectivity index (χ2n) is 4.05. The molecule has 0 amide bonds. The van der Waals surface area contributed by atoms with Gasteiger partial charge in [-0.1, -0.05) is 6.92 Å². The molecule has 0 saturated heterocycles. The van der Waals surface area contributed by atoms with Crippen LogP contribution in [0.2, 0.25) is 0 Å². The Morgan fingerprint density at radius 1 is 1.44 bits per heavy atom. The van der Waals surface area contributed by atoms with Crippen LogP contribution >= 0.6 is 0 Å². The Balaban J connectivity index is 3.25. The largest absolute Gasteiger partial charge is 0.493 e. The van der Waals surface area contributed by atoms with Crippen LogP contribution in [0.25, 0.3) is 0 Å². The summed E-state index contributed by atoms with van der Waals surface area (Å²) >= 11 is 0. The van der Waals surface area contributed by atoms with Crippen molar-refractivity contribution in [3.05, 3.63) is 29.1 Å². The van der Waals surface area contributed by atoms with Gasteiger partial charge in [0, 0.05) is 0 Å². The Morgan fingerprint density at radius 2 is 2.11 bits per heavy atom. The van der Waals surface area contributed by atoms with Gasteiger partial charge in [-0.3, -0.25) is 0 Å². The Hall–Kier alpha value is -1.62. The zero-order valence-electron chi connectivity index (χ0n) is 10.8. The molecule has 0 aliphatic rings. The molecule has 4 nitrogen and oxygen atoms in total. The highest BCUT2D eigenvalue weighted by atomic mass is 19.1. The predicted molar refractivity (Wildman–Crippen MR) is 66.4 cm³/mol. The highest BCUT2D eigenvalue weighted by Gasteiger charge is 2.20. The summed E-state index contributed by atoms with van der Waals surface area (Å²) in [4.78, 5) is 11.6. The number of nitrogens with two attached hydrogens (primary N) is 1. The van der Waals surface area contributed by atoms with E-state index in [2.05, 4.69) is 4.74 Å². The topological polar surface area (TPSA) is 61.5 Å². The normalized spacial score (nSPS) is 12.1. The van der Waals surface area contributed by atoms with E-state index in [1.165, 1.54) is 20.3 Å². The van der Waals surface area contributed by atoms with Gasteiger partial charge in [-0.05, 0) is 36.6 Å². The minimum Gasteiger partial charge on any atom is -0.493 e. The van der Waals surface area contributed by atoms with Crippen LogP contribution in [-0.4, -0.2) is 26.7 Å². The molecule has 0 heterocycles. The monoisotopic (exact) mass is 255 g/mol. The highest BCUT2D eigenvalue weighted by molar-refractivity contribution is 5.92. The van der Waals surface area contributed by atoms with E-state index in [1.54, 1.807) is 6.07 Å². The van der Waals surface area contributed by atoms with E-state index in [-0.39, 0.29) is 17.2 Å². The highest BCUT2D eigenvalue weighted by Crippen LogP contribution is 2.29. The molecule has 0 aliphatic heterocycles. The number of benzene rings is 1. The fourth-order valence-corrected chi connectivity index (χ4v) is 1.78. The molecule has 1 rings (SSSR count). The van der Waals surface area contributed by atoms with Gasteiger partial charge < -0.3 is 15.2 Å².